The van der Waals surface area contributed by atoms with Crippen molar-refractivity contribution in [1.82, 2.24) is 10.6 Å². The van der Waals surface area contributed by atoms with Gasteiger partial charge in [-0.2, -0.15) is 11.3 Å². The summed E-state index contributed by atoms with van der Waals surface area (Å²) in [5.74, 6) is 0.770. The van der Waals surface area contributed by atoms with Crippen LogP contribution in [0.3, 0.4) is 0 Å². The number of aliphatic imine (C=N–C) groups is 1. The lowest BCUT2D eigenvalue weighted by Crippen LogP contribution is -2.36. The number of guanidine groups is 1. The van der Waals surface area contributed by atoms with Crippen LogP contribution in [0.25, 0.3) is 0 Å². The third-order valence-corrected chi connectivity index (χ3v) is 3.77. The Labute approximate surface area is 122 Å². The molecule has 0 aliphatic heterocycles. The average Bonchev–Trinajstić information content (AvgIpc) is 2.94. The summed E-state index contributed by atoms with van der Waals surface area (Å²) < 4.78 is 0. The molecule has 2 aromatic rings. The minimum absolute atomic E-state index is 0.656. The van der Waals surface area contributed by atoms with E-state index in [4.69, 9.17) is 11.6 Å². The molecule has 0 radical (unpaired) electrons. The Hall–Kier alpha value is -1.52. The highest BCUT2D eigenvalue weighted by Crippen LogP contribution is 2.14. The molecule has 3 nitrogen and oxygen atoms in total. The molecule has 0 saturated carbocycles. The van der Waals surface area contributed by atoms with Gasteiger partial charge in [0.1, 0.15) is 0 Å². The highest BCUT2D eigenvalue weighted by Gasteiger charge is 2.01. The molecule has 5 heteroatoms. The molecule has 100 valence electrons. The van der Waals surface area contributed by atoms with E-state index in [0.717, 1.165) is 23.1 Å². The van der Waals surface area contributed by atoms with E-state index in [-0.39, 0.29) is 0 Å². The van der Waals surface area contributed by atoms with E-state index in [9.17, 15) is 0 Å². The number of nitrogens with zero attached hydrogens (tertiary/aromatic N) is 1. The lowest BCUT2D eigenvalue weighted by Gasteiger charge is -2.12. The maximum absolute atomic E-state index is 6.11. The van der Waals surface area contributed by atoms with Crippen molar-refractivity contribution in [1.29, 1.82) is 0 Å². The first-order valence-corrected chi connectivity index (χ1v) is 7.30. The smallest absolute Gasteiger partial charge is 0.191 e. The van der Waals surface area contributed by atoms with E-state index in [1.807, 2.05) is 24.3 Å². The standard InChI is InChI=1S/C14H16ClN3S/c1-16-14(17-8-11-6-7-19-10-11)18-9-12-4-2-3-5-13(12)15/h2-7,10H,8-9H2,1H3,(H2,16,17,18). The van der Waals surface area contributed by atoms with Crippen molar-refractivity contribution in [3.8, 4) is 0 Å². The SMILES string of the molecule is CN=C(NCc1ccsc1)NCc1ccccc1Cl. The van der Waals surface area contributed by atoms with E-state index in [0.29, 0.717) is 6.54 Å². The zero-order chi connectivity index (χ0) is 13.5. The molecule has 2 N–H and O–H groups in total. The second-order valence-corrected chi connectivity index (χ2v) is 5.19. The molecule has 0 aliphatic rings. The number of halogens is 1. The van der Waals surface area contributed by atoms with E-state index < -0.39 is 0 Å². The van der Waals surface area contributed by atoms with E-state index in [1.165, 1.54) is 5.56 Å². The Morgan fingerprint density at radius 3 is 2.68 bits per heavy atom. The summed E-state index contributed by atoms with van der Waals surface area (Å²) in [4.78, 5) is 4.19. The quantitative estimate of drug-likeness (QED) is 0.670. The van der Waals surface area contributed by atoms with Crippen LogP contribution in [0.5, 0.6) is 0 Å². The van der Waals surface area contributed by atoms with Gasteiger partial charge in [0.05, 0.1) is 0 Å². The van der Waals surface area contributed by atoms with Gasteiger partial charge in [0.2, 0.25) is 0 Å². The Morgan fingerprint density at radius 1 is 1.21 bits per heavy atom. The number of hydrogen-bond acceptors (Lipinski definition) is 2. The van der Waals surface area contributed by atoms with E-state index in [1.54, 1.807) is 18.4 Å². The lowest BCUT2D eigenvalue weighted by molar-refractivity contribution is 0.811. The minimum atomic E-state index is 0.656. The zero-order valence-electron chi connectivity index (χ0n) is 10.7. The highest BCUT2D eigenvalue weighted by atomic mass is 35.5. The lowest BCUT2D eigenvalue weighted by atomic mass is 10.2. The van der Waals surface area contributed by atoms with Gasteiger partial charge in [0, 0.05) is 25.2 Å². The summed E-state index contributed by atoms with van der Waals surface area (Å²) >= 11 is 7.80. The Balaban J connectivity index is 1.85. The van der Waals surface area contributed by atoms with Crippen molar-refractivity contribution < 1.29 is 0 Å². The summed E-state index contributed by atoms with van der Waals surface area (Å²) in [5.41, 5.74) is 2.31. The van der Waals surface area contributed by atoms with Gasteiger partial charge in [-0.3, -0.25) is 4.99 Å². The van der Waals surface area contributed by atoms with Crippen molar-refractivity contribution >= 4 is 28.9 Å². The Morgan fingerprint density at radius 2 is 2.00 bits per heavy atom. The minimum Gasteiger partial charge on any atom is -0.352 e. The van der Waals surface area contributed by atoms with Crippen molar-refractivity contribution in [3.05, 3.63) is 57.2 Å². The zero-order valence-corrected chi connectivity index (χ0v) is 12.3. The summed E-state index contributed by atoms with van der Waals surface area (Å²) in [6.45, 7) is 1.43. The highest BCUT2D eigenvalue weighted by molar-refractivity contribution is 7.07. The predicted octanol–water partition coefficient (Wildman–Crippen LogP) is 3.27. The normalized spacial score (nSPS) is 11.4. The summed E-state index contributed by atoms with van der Waals surface area (Å²) in [5, 5.41) is 11.5. The number of nitrogens with one attached hydrogen (secondary N) is 2. The van der Waals surface area contributed by atoms with Crippen LogP contribution in [0.4, 0.5) is 0 Å². The maximum atomic E-state index is 6.11. The number of hydrogen-bond donors (Lipinski definition) is 2. The summed E-state index contributed by atoms with van der Waals surface area (Å²) in [7, 11) is 1.76. The largest absolute Gasteiger partial charge is 0.352 e. The second kappa shape index (κ2) is 7.16. The molecule has 0 saturated heterocycles. The maximum Gasteiger partial charge on any atom is 0.191 e. The fourth-order valence-corrected chi connectivity index (χ4v) is 2.49. The number of thiophene rings is 1. The predicted molar refractivity (Wildman–Crippen MR) is 82.8 cm³/mol. The third kappa shape index (κ3) is 4.26. The van der Waals surface area contributed by atoms with Gasteiger partial charge in [-0.1, -0.05) is 29.8 Å². The first kappa shape index (κ1) is 13.9. The van der Waals surface area contributed by atoms with Gasteiger partial charge in [0.25, 0.3) is 0 Å². The van der Waals surface area contributed by atoms with Crippen molar-refractivity contribution in [2.24, 2.45) is 4.99 Å². The molecule has 0 fully saturated rings. The Bertz CT molecular complexity index is 537. The topological polar surface area (TPSA) is 36.4 Å². The first-order valence-electron chi connectivity index (χ1n) is 5.98. The first-order chi connectivity index (χ1) is 9.29. The third-order valence-electron chi connectivity index (χ3n) is 2.67. The van der Waals surface area contributed by atoms with E-state index in [2.05, 4.69) is 32.5 Å². The molecule has 0 spiro atoms. The molecule has 1 heterocycles. The fourth-order valence-electron chi connectivity index (χ4n) is 1.62. The van der Waals surface area contributed by atoms with Gasteiger partial charge in [-0.25, -0.2) is 0 Å². The fraction of sp³-hybridized carbons (Fsp3) is 0.214. The van der Waals surface area contributed by atoms with Crippen LogP contribution in [0, 0.1) is 0 Å². The van der Waals surface area contributed by atoms with Gasteiger partial charge in [0.15, 0.2) is 5.96 Å². The molecule has 0 bridgehead atoms. The molecule has 0 amide bonds. The van der Waals surface area contributed by atoms with Gasteiger partial charge >= 0.3 is 0 Å². The molecule has 0 unspecified atom stereocenters. The molecule has 19 heavy (non-hydrogen) atoms. The van der Waals surface area contributed by atoms with Crippen LogP contribution < -0.4 is 10.6 Å². The summed E-state index contributed by atoms with van der Waals surface area (Å²) in [6, 6.07) is 9.89. The van der Waals surface area contributed by atoms with Gasteiger partial charge in [-0.05, 0) is 34.0 Å². The second-order valence-electron chi connectivity index (χ2n) is 4.00. The molecule has 0 atom stereocenters. The molecule has 1 aromatic heterocycles. The molecule has 0 aliphatic carbocycles. The van der Waals surface area contributed by atoms with Crippen LogP contribution in [0.15, 0.2) is 46.1 Å². The van der Waals surface area contributed by atoms with Crippen LogP contribution in [0.1, 0.15) is 11.1 Å². The van der Waals surface area contributed by atoms with Crippen LogP contribution in [-0.2, 0) is 13.1 Å². The van der Waals surface area contributed by atoms with Crippen molar-refractivity contribution in [2.45, 2.75) is 13.1 Å². The monoisotopic (exact) mass is 293 g/mol. The molecule has 2 rings (SSSR count). The van der Waals surface area contributed by atoms with Crippen LogP contribution >= 0.6 is 22.9 Å². The van der Waals surface area contributed by atoms with Crippen LogP contribution in [0.2, 0.25) is 5.02 Å². The number of benzene rings is 1. The van der Waals surface area contributed by atoms with E-state index >= 15 is 0 Å². The Kier molecular flexibility index (Phi) is 5.24. The van der Waals surface area contributed by atoms with Gasteiger partial charge in [-0.15, -0.1) is 0 Å². The van der Waals surface area contributed by atoms with Crippen molar-refractivity contribution in [2.75, 3.05) is 7.05 Å². The molecular formula is C14H16ClN3S. The van der Waals surface area contributed by atoms with Crippen LogP contribution in [-0.4, -0.2) is 13.0 Å². The number of rotatable bonds is 4. The average molecular weight is 294 g/mol. The van der Waals surface area contributed by atoms with Gasteiger partial charge < -0.3 is 10.6 Å². The van der Waals surface area contributed by atoms with Crippen molar-refractivity contribution in [3.63, 3.8) is 0 Å². The molecule has 1 aromatic carbocycles. The summed E-state index contributed by atoms with van der Waals surface area (Å²) in [6.07, 6.45) is 0. The molecular weight excluding hydrogens is 278 g/mol.